The quantitative estimate of drug-likeness (QED) is 0.338. The van der Waals surface area contributed by atoms with Crippen LogP contribution in [0.2, 0.25) is 0 Å². The van der Waals surface area contributed by atoms with Gasteiger partial charge in [-0.1, -0.05) is 13.3 Å². The van der Waals surface area contributed by atoms with Gasteiger partial charge in [0.25, 0.3) is 20.2 Å². The molecule has 0 saturated heterocycles. The van der Waals surface area contributed by atoms with Gasteiger partial charge < -0.3 is 9.64 Å². The predicted molar refractivity (Wildman–Crippen MR) is 88.7 cm³/mol. The van der Waals surface area contributed by atoms with E-state index in [1.54, 1.807) is 0 Å². The Labute approximate surface area is 144 Å². The summed E-state index contributed by atoms with van der Waals surface area (Å²) in [6, 6.07) is 0. The third-order valence-corrected chi connectivity index (χ3v) is 3.91. The van der Waals surface area contributed by atoms with E-state index in [1.165, 1.54) is 4.90 Å². The third-order valence-electron chi connectivity index (χ3n) is 2.72. The molecule has 0 rings (SSSR count). The molecule has 0 aromatic rings. The molecule has 0 fully saturated rings. The lowest BCUT2D eigenvalue weighted by Gasteiger charge is -2.22. The smallest absolute Gasteiger partial charge is 0.409 e. The van der Waals surface area contributed by atoms with Gasteiger partial charge in [0.05, 0.1) is 32.3 Å². The molecule has 1 amide bonds. The Morgan fingerprint density at radius 1 is 0.833 bits per heavy atom. The van der Waals surface area contributed by atoms with Crippen LogP contribution in [0, 0.1) is 0 Å². The number of hydrogen-bond donors (Lipinski definition) is 0. The molecular formula is C13H27NO8S2. The molecule has 0 saturated carbocycles. The molecule has 0 radical (unpaired) electrons. The fourth-order valence-corrected chi connectivity index (χ4v) is 2.46. The molecular weight excluding hydrogens is 362 g/mol. The van der Waals surface area contributed by atoms with E-state index < -0.39 is 26.3 Å². The average Bonchev–Trinajstić information content (AvgIpc) is 2.43. The highest BCUT2D eigenvalue weighted by molar-refractivity contribution is 7.86. The molecule has 24 heavy (non-hydrogen) atoms. The summed E-state index contributed by atoms with van der Waals surface area (Å²) in [5.41, 5.74) is 0. The lowest BCUT2D eigenvalue weighted by molar-refractivity contribution is 0.0969. The van der Waals surface area contributed by atoms with E-state index in [9.17, 15) is 21.6 Å². The molecule has 0 aliphatic heterocycles. The van der Waals surface area contributed by atoms with Crippen LogP contribution in [0.4, 0.5) is 4.79 Å². The van der Waals surface area contributed by atoms with Gasteiger partial charge in [-0.15, -0.1) is 0 Å². The summed E-state index contributed by atoms with van der Waals surface area (Å²) in [5, 5.41) is 0. The van der Waals surface area contributed by atoms with Gasteiger partial charge in [0, 0.05) is 13.1 Å². The topological polar surface area (TPSA) is 116 Å². The van der Waals surface area contributed by atoms with Gasteiger partial charge in [-0.3, -0.25) is 8.37 Å². The summed E-state index contributed by atoms with van der Waals surface area (Å²) in [5.74, 6) is 0. The van der Waals surface area contributed by atoms with E-state index in [-0.39, 0.29) is 26.3 Å². The van der Waals surface area contributed by atoms with Gasteiger partial charge in [0.1, 0.15) is 0 Å². The fourth-order valence-electron chi connectivity index (χ4n) is 1.62. The van der Waals surface area contributed by atoms with E-state index in [0.29, 0.717) is 19.4 Å². The van der Waals surface area contributed by atoms with Crippen molar-refractivity contribution in [1.29, 1.82) is 0 Å². The van der Waals surface area contributed by atoms with Crippen molar-refractivity contribution in [2.75, 3.05) is 45.4 Å². The van der Waals surface area contributed by atoms with Crippen LogP contribution < -0.4 is 0 Å². The number of hydrogen-bond acceptors (Lipinski definition) is 8. The van der Waals surface area contributed by atoms with Gasteiger partial charge in [-0.25, -0.2) is 4.79 Å². The Bertz CT molecular complexity index is 519. The highest BCUT2D eigenvalue weighted by atomic mass is 32.2. The zero-order chi connectivity index (χ0) is 18.6. The highest BCUT2D eigenvalue weighted by Crippen LogP contribution is 2.02. The highest BCUT2D eigenvalue weighted by Gasteiger charge is 2.15. The second-order valence-electron chi connectivity index (χ2n) is 5.21. The largest absolute Gasteiger partial charge is 0.449 e. The summed E-state index contributed by atoms with van der Waals surface area (Å²) in [6.07, 6.45) is 3.62. The average molecular weight is 389 g/mol. The molecule has 9 nitrogen and oxygen atoms in total. The van der Waals surface area contributed by atoms with Crippen LogP contribution in [-0.2, 0) is 33.3 Å². The van der Waals surface area contributed by atoms with Crippen molar-refractivity contribution < 1.29 is 34.7 Å². The third kappa shape index (κ3) is 14.7. The first-order chi connectivity index (χ1) is 11.0. The summed E-state index contributed by atoms with van der Waals surface area (Å²) in [4.78, 5) is 13.4. The van der Waals surface area contributed by atoms with E-state index in [4.69, 9.17) is 4.74 Å². The standard InChI is InChI=1S/C13H27NO8S2/c1-4-5-10-20-13(15)14(8-6-11-21-23(2,16)17)9-7-12-22-24(3,18)19/h4-12H2,1-3H3. The summed E-state index contributed by atoms with van der Waals surface area (Å²) in [6.45, 7) is 2.65. The second kappa shape index (κ2) is 11.6. The molecule has 0 N–H and O–H groups in total. The van der Waals surface area contributed by atoms with Crippen molar-refractivity contribution in [3.05, 3.63) is 0 Å². The van der Waals surface area contributed by atoms with Crippen LogP contribution in [0.25, 0.3) is 0 Å². The molecule has 0 aliphatic carbocycles. The maximum atomic E-state index is 12.0. The fraction of sp³-hybridized carbons (Fsp3) is 0.923. The van der Waals surface area contributed by atoms with Gasteiger partial charge >= 0.3 is 6.09 Å². The van der Waals surface area contributed by atoms with Crippen molar-refractivity contribution >= 4 is 26.3 Å². The Kier molecular flexibility index (Phi) is 11.2. The molecule has 0 aromatic heterocycles. The van der Waals surface area contributed by atoms with Crippen LogP contribution in [0.1, 0.15) is 32.6 Å². The van der Waals surface area contributed by atoms with Crippen molar-refractivity contribution in [3.8, 4) is 0 Å². The number of carbonyl (C=O) groups is 1. The predicted octanol–water partition coefficient (Wildman–Crippen LogP) is 0.958. The number of carbonyl (C=O) groups excluding carboxylic acids is 1. The Hall–Kier alpha value is -0.910. The van der Waals surface area contributed by atoms with Gasteiger partial charge in [0.15, 0.2) is 0 Å². The molecule has 0 aliphatic rings. The molecule has 0 bridgehead atoms. The SMILES string of the molecule is CCCCOC(=O)N(CCCOS(C)(=O)=O)CCCOS(C)(=O)=O. The van der Waals surface area contributed by atoms with Crippen molar-refractivity contribution in [3.63, 3.8) is 0 Å². The number of rotatable bonds is 13. The zero-order valence-corrected chi connectivity index (χ0v) is 16.0. The van der Waals surface area contributed by atoms with Crippen molar-refractivity contribution in [2.45, 2.75) is 32.6 Å². The summed E-state index contributed by atoms with van der Waals surface area (Å²) >= 11 is 0. The molecule has 0 atom stereocenters. The lowest BCUT2D eigenvalue weighted by Crippen LogP contribution is -2.35. The van der Waals surface area contributed by atoms with Crippen LogP contribution in [0.3, 0.4) is 0 Å². The lowest BCUT2D eigenvalue weighted by atomic mass is 10.3. The minimum atomic E-state index is -3.52. The number of amides is 1. The second-order valence-corrected chi connectivity index (χ2v) is 8.50. The zero-order valence-electron chi connectivity index (χ0n) is 14.4. The molecule has 144 valence electrons. The number of nitrogens with zero attached hydrogens (tertiary/aromatic N) is 1. The van der Waals surface area contributed by atoms with E-state index >= 15 is 0 Å². The normalized spacial score (nSPS) is 12.1. The van der Waals surface area contributed by atoms with Gasteiger partial charge in [-0.05, 0) is 19.3 Å². The first-order valence-corrected chi connectivity index (χ1v) is 11.3. The molecule has 0 unspecified atom stereocenters. The van der Waals surface area contributed by atoms with Crippen LogP contribution in [-0.4, -0.2) is 73.3 Å². The van der Waals surface area contributed by atoms with Gasteiger partial charge in [0.2, 0.25) is 0 Å². The molecule has 0 spiro atoms. The van der Waals surface area contributed by atoms with E-state index in [0.717, 1.165) is 25.4 Å². The van der Waals surface area contributed by atoms with E-state index in [2.05, 4.69) is 8.37 Å². The Morgan fingerprint density at radius 3 is 1.67 bits per heavy atom. The van der Waals surface area contributed by atoms with Crippen molar-refractivity contribution in [1.82, 2.24) is 4.90 Å². The van der Waals surface area contributed by atoms with Crippen molar-refractivity contribution in [2.24, 2.45) is 0 Å². The van der Waals surface area contributed by atoms with Gasteiger partial charge in [-0.2, -0.15) is 16.8 Å². The molecule has 0 aromatic carbocycles. The minimum absolute atomic E-state index is 0.0442. The summed E-state index contributed by atoms with van der Waals surface area (Å²) in [7, 11) is -7.04. The van der Waals surface area contributed by atoms with Crippen LogP contribution >= 0.6 is 0 Å². The first kappa shape index (κ1) is 23.1. The number of unbranched alkanes of at least 4 members (excludes halogenated alkanes) is 1. The minimum Gasteiger partial charge on any atom is -0.449 e. The first-order valence-electron chi connectivity index (χ1n) is 7.65. The van der Waals surface area contributed by atoms with Crippen LogP contribution in [0.5, 0.6) is 0 Å². The molecule has 11 heteroatoms. The van der Waals surface area contributed by atoms with E-state index in [1.807, 2.05) is 6.92 Å². The summed E-state index contributed by atoms with van der Waals surface area (Å²) < 4.78 is 57.9. The Balaban J connectivity index is 4.34. The maximum Gasteiger partial charge on any atom is 0.409 e. The maximum absolute atomic E-state index is 12.0. The Morgan fingerprint density at radius 2 is 1.29 bits per heavy atom. The monoisotopic (exact) mass is 389 g/mol. The van der Waals surface area contributed by atoms with Crippen LogP contribution in [0.15, 0.2) is 0 Å². The number of ether oxygens (including phenoxy) is 1. The molecule has 0 heterocycles.